The van der Waals surface area contributed by atoms with E-state index in [0.717, 1.165) is 70.8 Å². The molecule has 1 heteroatoms. The number of fused-ring (bicyclic) bond motifs is 3. The summed E-state index contributed by atoms with van der Waals surface area (Å²) in [5.74, 6) is 0. The molecule has 10 aromatic rings. The van der Waals surface area contributed by atoms with E-state index < -0.39 is 0 Å². The highest BCUT2D eigenvalue weighted by Crippen LogP contribution is 2.47. The molecule has 0 spiro atoms. The summed E-state index contributed by atoms with van der Waals surface area (Å²) < 4.78 is 7.49. The highest BCUT2D eigenvalue weighted by Gasteiger charge is 2.21. The van der Waals surface area contributed by atoms with Crippen LogP contribution in [0.1, 0.15) is 0 Å². The van der Waals surface area contributed by atoms with Crippen LogP contribution in [-0.4, -0.2) is 0 Å². The number of hydrogen-bond acceptors (Lipinski definition) is 1. The fourth-order valence-corrected chi connectivity index (χ4v) is 8.00. The molecule has 0 unspecified atom stereocenters. The van der Waals surface area contributed by atoms with Crippen LogP contribution in [-0.2, 0) is 0 Å². The van der Waals surface area contributed by atoms with Crippen molar-refractivity contribution in [2.24, 2.45) is 0 Å². The lowest BCUT2D eigenvalue weighted by Crippen LogP contribution is -2.23. The van der Waals surface area contributed by atoms with Crippen molar-refractivity contribution in [3.8, 4) is 33.4 Å². The molecule has 228 valence electrons. The minimum Gasteiger partial charge on any atom is -0.455 e. The third kappa shape index (κ3) is 4.06. The Morgan fingerprint density at radius 1 is 0.327 bits per heavy atom. The van der Waals surface area contributed by atoms with Gasteiger partial charge in [0.05, 0.1) is 0 Å². The molecule has 0 saturated heterocycles. The van der Waals surface area contributed by atoms with E-state index in [1.165, 1.54) is 38.1 Å². The van der Waals surface area contributed by atoms with Crippen LogP contribution in [0.4, 0.5) is 0 Å². The maximum Gasteiger partial charge on any atom is 0.143 e. The zero-order valence-corrected chi connectivity index (χ0v) is 26.8. The van der Waals surface area contributed by atoms with Gasteiger partial charge >= 0.3 is 0 Å². The van der Waals surface area contributed by atoms with Crippen molar-refractivity contribution in [2.45, 2.75) is 0 Å². The summed E-state index contributed by atoms with van der Waals surface area (Å²) >= 11 is 0. The van der Waals surface area contributed by atoms with E-state index in [2.05, 4.69) is 165 Å². The van der Waals surface area contributed by atoms with Crippen LogP contribution < -0.4 is 10.4 Å². The smallest absolute Gasteiger partial charge is 0.143 e. The summed E-state index contributed by atoms with van der Waals surface area (Å²) in [5, 5.41) is 13.5. The monoisotopic (exact) mass is 622 g/mol. The van der Waals surface area contributed by atoms with E-state index in [9.17, 15) is 0 Å². The molecular weight excluding hydrogens is 593 g/mol. The fraction of sp³-hybridized carbons (Fsp3) is 0. The van der Waals surface area contributed by atoms with Crippen LogP contribution in [0.25, 0.3) is 112 Å². The highest BCUT2D eigenvalue weighted by atomic mass is 16.3. The van der Waals surface area contributed by atoms with Gasteiger partial charge in [0.1, 0.15) is 11.2 Å². The van der Waals surface area contributed by atoms with E-state index in [1.807, 2.05) is 6.07 Å². The van der Waals surface area contributed by atoms with E-state index in [4.69, 9.17) is 4.42 Å². The van der Waals surface area contributed by atoms with Gasteiger partial charge in [0.2, 0.25) is 0 Å². The third-order valence-electron chi connectivity index (χ3n) is 10.3. The van der Waals surface area contributed by atoms with Gasteiger partial charge in [-0.1, -0.05) is 159 Å². The van der Waals surface area contributed by atoms with Crippen molar-refractivity contribution in [1.82, 2.24) is 0 Å². The Morgan fingerprint density at radius 3 is 1.59 bits per heavy atom. The molecule has 0 aliphatic rings. The zero-order valence-electron chi connectivity index (χ0n) is 26.8. The molecule has 0 fully saturated rings. The normalized spacial score (nSPS) is 11.8. The van der Waals surface area contributed by atoms with Gasteiger partial charge in [-0.15, -0.1) is 0 Å². The lowest BCUT2D eigenvalue weighted by atomic mass is 9.87. The first-order valence-corrected chi connectivity index (χ1v) is 16.7. The molecule has 0 aliphatic heterocycles. The van der Waals surface area contributed by atoms with Crippen LogP contribution >= 0.6 is 0 Å². The first kappa shape index (κ1) is 27.7. The molecule has 1 aromatic heterocycles. The maximum atomic E-state index is 7.49. The Morgan fingerprint density at radius 2 is 0.837 bits per heavy atom. The minimum atomic E-state index is 0.848. The van der Waals surface area contributed by atoms with Crippen molar-refractivity contribution >= 4 is 78.2 Å². The van der Waals surface area contributed by atoms with Gasteiger partial charge in [-0.3, -0.25) is 0 Å². The standard InChI is InChI=1S/C48H30O/c1-29-12-7-20-34(30(29)2)42-27-26-33-17-10-23-39-40-24-11-25-41-43(37-21-8-15-31-13-3-5-18-35(31)37)28-44(48(46(40)41)49-47(42)45(33)39)38-22-9-16-32-14-4-6-19-36(32)38/h3-28H,1-2H2. The second-order valence-corrected chi connectivity index (χ2v) is 13.0. The average Bonchev–Trinajstić information content (AvgIpc) is 3.30. The van der Waals surface area contributed by atoms with Gasteiger partial charge in [-0.05, 0) is 87.9 Å². The molecule has 0 radical (unpaired) electrons. The molecule has 49 heavy (non-hydrogen) atoms. The molecule has 0 aliphatic carbocycles. The Bertz CT molecular complexity index is 3080. The number of benzene rings is 9. The van der Waals surface area contributed by atoms with Crippen LogP contribution in [0.5, 0.6) is 0 Å². The fourth-order valence-electron chi connectivity index (χ4n) is 8.00. The van der Waals surface area contributed by atoms with Crippen LogP contribution in [0.15, 0.2) is 162 Å². The summed E-state index contributed by atoms with van der Waals surface area (Å²) in [6.07, 6.45) is 0. The summed E-state index contributed by atoms with van der Waals surface area (Å²) in [6.45, 7) is 8.72. The van der Waals surface area contributed by atoms with Gasteiger partial charge < -0.3 is 4.42 Å². The molecule has 0 atom stereocenters. The number of rotatable bonds is 3. The predicted octanol–water partition coefficient (Wildman–Crippen LogP) is 12.0. The average molecular weight is 623 g/mol. The van der Waals surface area contributed by atoms with Gasteiger partial charge in [0.15, 0.2) is 0 Å². The lowest BCUT2D eigenvalue weighted by Gasteiger charge is -2.16. The molecule has 0 bridgehead atoms. The molecule has 1 heterocycles. The maximum absolute atomic E-state index is 7.49. The Labute approximate surface area is 283 Å². The first-order chi connectivity index (χ1) is 24.2. The van der Waals surface area contributed by atoms with Gasteiger partial charge in [-0.25, -0.2) is 0 Å². The van der Waals surface area contributed by atoms with E-state index >= 15 is 0 Å². The van der Waals surface area contributed by atoms with E-state index in [1.54, 1.807) is 0 Å². The summed E-state index contributed by atoms with van der Waals surface area (Å²) in [5.41, 5.74) is 8.36. The second-order valence-electron chi connectivity index (χ2n) is 13.0. The second kappa shape index (κ2) is 10.5. The minimum absolute atomic E-state index is 0.848. The highest BCUT2D eigenvalue weighted by molar-refractivity contribution is 6.29. The van der Waals surface area contributed by atoms with Crippen LogP contribution in [0.2, 0.25) is 0 Å². The molecule has 0 amide bonds. The first-order valence-electron chi connectivity index (χ1n) is 16.7. The van der Waals surface area contributed by atoms with E-state index in [0.29, 0.717) is 0 Å². The Hall–Kier alpha value is -6.44. The summed E-state index contributed by atoms with van der Waals surface area (Å²) in [4.78, 5) is 0. The number of hydrogen-bond donors (Lipinski definition) is 0. The van der Waals surface area contributed by atoms with E-state index in [-0.39, 0.29) is 0 Å². The van der Waals surface area contributed by atoms with Gasteiger partial charge in [0.25, 0.3) is 0 Å². The molecular formula is C48H30O. The largest absolute Gasteiger partial charge is 0.455 e. The van der Waals surface area contributed by atoms with Gasteiger partial charge in [0, 0.05) is 21.9 Å². The SMILES string of the molecule is C=c1cccc(-c2ccc3cccc4c5cccc6c(-c7cccc8ccccc78)cc(-c7cccc8ccccc78)c(oc2c34)c65)c1=C. The molecule has 0 N–H and O–H groups in total. The molecule has 0 saturated carbocycles. The predicted molar refractivity (Wildman–Crippen MR) is 210 cm³/mol. The van der Waals surface area contributed by atoms with Crippen molar-refractivity contribution in [3.63, 3.8) is 0 Å². The van der Waals surface area contributed by atoms with Crippen molar-refractivity contribution in [2.75, 3.05) is 0 Å². The van der Waals surface area contributed by atoms with Crippen molar-refractivity contribution in [1.29, 1.82) is 0 Å². The molecule has 9 aromatic carbocycles. The van der Waals surface area contributed by atoms with Gasteiger partial charge in [-0.2, -0.15) is 0 Å². The topological polar surface area (TPSA) is 13.1 Å². The zero-order chi connectivity index (χ0) is 32.6. The Balaban J connectivity index is 1.49. The Kier molecular flexibility index (Phi) is 5.95. The summed E-state index contributed by atoms with van der Waals surface area (Å²) in [6, 6.07) is 56.8. The van der Waals surface area contributed by atoms with Crippen LogP contribution in [0, 0.1) is 0 Å². The van der Waals surface area contributed by atoms with Crippen molar-refractivity contribution in [3.05, 3.63) is 168 Å². The molecule has 1 nitrogen and oxygen atoms in total. The summed E-state index contributed by atoms with van der Waals surface area (Å²) in [7, 11) is 0. The lowest BCUT2D eigenvalue weighted by molar-refractivity contribution is 0.666. The molecule has 10 rings (SSSR count). The third-order valence-corrected chi connectivity index (χ3v) is 10.3. The quantitative estimate of drug-likeness (QED) is 0.191. The van der Waals surface area contributed by atoms with Crippen LogP contribution in [0.3, 0.4) is 0 Å². The van der Waals surface area contributed by atoms with Crippen molar-refractivity contribution < 1.29 is 4.42 Å².